The van der Waals surface area contributed by atoms with Crippen molar-refractivity contribution in [3.05, 3.63) is 72.1 Å². The third-order valence-electron chi connectivity index (χ3n) is 3.92. The van der Waals surface area contributed by atoms with Gasteiger partial charge < -0.3 is 19.2 Å². The van der Waals surface area contributed by atoms with Crippen molar-refractivity contribution in [2.75, 3.05) is 6.79 Å². The molecule has 0 spiro atoms. The number of nitrogens with one attached hydrogen (secondary N) is 1. The summed E-state index contributed by atoms with van der Waals surface area (Å²) in [6.45, 7) is 0.584. The van der Waals surface area contributed by atoms with E-state index in [9.17, 15) is 4.79 Å². The van der Waals surface area contributed by atoms with Crippen LogP contribution in [0.3, 0.4) is 0 Å². The van der Waals surface area contributed by atoms with Crippen LogP contribution in [0.5, 0.6) is 11.5 Å². The topological polar surface area (TPSA) is 73.6 Å². The molecule has 0 radical (unpaired) electrons. The molecule has 1 aliphatic rings. The van der Waals surface area contributed by atoms with E-state index in [1.807, 2.05) is 36.4 Å². The van der Waals surface area contributed by atoms with Crippen LogP contribution >= 0.6 is 0 Å². The predicted molar refractivity (Wildman–Crippen MR) is 95.4 cm³/mol. The highest BCUT2D eigenvalue weighted by atomic mass is 16.7. The van der Waals surface area contributed by atoms with E-state index in [0.29, 0.717) is 23.8 Å². The summed E-state index contributed by atoms with van der Waals surface area (Å²) in [7, 11) is 0. The fraction of sp³-hybridized carbons (Fsp3) is 0.100. The van der Waals surface area contributed by atoms with Gasteiger partial charge >= 0.3 is 0 Å². The van der Waals surface area contributed by atoms with E-state index >= 15 is 0 Å². The van der Waals surface area contributed by atoms with Crippen LogP contribution < -0.4 is 14.8 Å². The zero-order valence-electron chi connectivity index (χ0n) is 13.8. The van der Waals surface area contributed by atoms with Crippen molar-refractivity contribution < 1.29 is 18.7 Å². The third kappa shape index (κ3) is 3.44. The van der Waals surface area contributed by atoms with Gasteiger partial charge in [0.15, 0.2) is 17.3 Å². The predicted octanol–water partition coefficient (Wildman–Crippen LogP) is 3.40. The Balaban J connectivity index is 1.40. The van der Waals surface area contributed by atoms with Crippen LogP contribution in [0.1, 0.15) is 11.1 Å². The average Bonchev–Trinajstić information content (AvgIpc) is 3.36. The average molecular weight is 348 g/mol. The van der Waals surface area contributed by atoms with Gasteiger partial charge in [0, 0.05) is 24.4 Å². The molecule has 1 aliphatic heterocycles. The molecular weight excluding hydrogens is 332 g/mol. The smallest absolute Gasteiger partial charge is 0.244 e. The van der Waals surface area contributed by atoms with Crippen molar-refractivity contribution in [1.29, 1.82) is 0 Å². The number of amides is 1. The molecule has 3 aromatic rings. The molecule has 26 heavy (non-hydrogen) atoms. The van der Waals surface area contributed by atoms with E-state index in [2.05, 4.69) is 10.3 Å². The van der Waals surface area contributed by atoms with E-state index in [4.69, 9.17) is 13.9 Å². The van der Waals surface area contributed by atoms with Gasteiger partial charge in [0.05, 0.1) is 6.26 Å². The molecule has 0 fully saturated rings. The minimum atomic E-state index is -0.197. The largest absolute Gasteiger partial charge is 0.463 e. The Morgan fingerprint density at radius 1 is 1.15 bits per heavy atom. The summed E-state index contributed by atoms with van der Waals surface area (Å²) in [6, 6.07) is 12.9. The standard InChI is InChI=1S/C20H16N2O4/c23-19(8-6-14-5-7-16-18(11-14)26-13-25-16)22-12-15-3-1-9-21-20(15)17-4-2-10-24-17/h1-11H,12-13H2,(H,22,23). The maximum absolute atomic E-state index is 12.1. The molecule has 3 heterocycles. The lowest BCUT2D eigenvalue weighted by Crippen LogP contribution is -2.20. The van der Waals surface area contributed by atoms with Gasteiger partial charge in [-0.3, -0.25) is 9.78 Å². The van der Waals surface area contributed by atoms with Crippen molar-refractivity contribution in [1.82, 2.24) is 10.3 Å². The van der Waals surface area contributed by atoms with E-state index in [1.165, 1.54) is 6.08 Å². The number of aromatic nitrogens is 1. The van der Waals surface area contributed by atoms with Gasteiger partial charge in [-0.25, -0.2) is 0 Å². The number of carbonyl (C=O) groups is 1. The van der Waals surface area contributed by atoms with Gasteiger partial charge in [-0.1, -0.05) is 12.1 Å². The first-order valence-electron chi connectivity index (χ1n) is 8.13. The summed E-state index contributed by atoms with van der Waals surface area (Å²) < 4.78 is 16.0. The summed E-state index contributed by atoms with van der Waals surface area (Å²) >= 11 is 0. The summed E-state index contributed by atoms with van der Waals surface area (Å²) in [5, 5.41) is 2.86. The van der Waals surface area contributed by atoms with Crippen molar-refractivity contribution in [3.63, 3.8) is 0 Å². The number of furan rings is 1. The molecule has 130 valence electrons. The van der Waals surface area contributed by atoms with E-state index < -0.39 is 0 Å². The Bertz CT molecular complexity index is 948. The Kier molecular flexibility index (Phi) is 4.38. The van der Waals surface area contributed by atoms with Gasteiger partial charge in [0.2, 0.25) is 12.7 Å². The molecule has 0 saturated carbocycles. The van der Waals surface area contributed by atoms with Crippen LogP contribution in [0.25, 0.3) is 17.5 Å². The van der Waals surface area contributed by atoms with E-state index in [-0.39, 0.29) is 12.7 Å². The van der Waals surface area contributed by atoms with Crippen LogP contribution in [-0.4, -0.2) is 17.7 Å². The molecule has 2 aromatic heterocycles. The fourth-order valence-corrected chi connectivity index (χ4v) is 2.65. The molecule has 6 nitrogen and oxygen atoms in total. The Hall–Kier alpha value is -3.54. The number of benzene rings is 1. The second kappa shape index (κ2) is 7.14. The number of carbonyl (C=O) groups excluding carboxylic acids is 1. The zero-order chi connectivity index (χ0) is 17.8. The first-order chi connectivity index (χ1) is 12.8. The summed E-state index contributed by atoms with van der Waals surface area (Å²) in [5.74, 6) is 1.88. The van der Waals surface area contributed by atoms with Crippen molar-refractivity contribution in [2.45, 2.75) is 6.54 Å². The van der Waals surface area contributed by atoms with Crippen LogP contribution in [0.2, 0.25) is 0 Å². The first kappa shape index (κ1) is 16.0. The molecule has 6 heteroatoms. The van der Waals surface area contributed by atoms with Crippen LogP contribution in [0.15, 0.2) is 65.4 Å². The Morgan fingerprint density at radius 3 is 2.96 bits per heavy atom. The molecule has 1 N–H and O–H groups in total. The maximum atomic E-state index is 12.1. The molecule has 0 unspecified atom stereocenters. The minimum Gasteiger partial charge on any atom is -0.463 e. The molecule has 0 atom stereocenters. The molecule has 0 bridgehead atoms. The lowest BCUT2D eigenvalue weighted by Gasteiger charge is -2.07. The highest BCUT2D eigenvalue weighted by Gasteiger charge is 2.12. The van der Waals surface area contributed by atoms with E-state index in [1.54, 1.807) is 24.6 Å². The summed E-state index contributed by atoms with van der Waals surface area (Å²) in [5.41, 5.74) is 2.46. The Morgan fingerprint density at radius 2 is 2.08 bits per heavy atom. The SMILES string of the molecule is O=C(C=Cc1ccc2c(c1)OCO2)NCc1cccnc1-c1ccco1. The van der Waals surface area contributed by atoms with E-state index in [0.717, 1.165) is 16.8 Å². The normalized spacial score (nSPS) is 12.5. The van der Waals surface area contributed by atoms with Gasteiger partial charge in [-0.05, 0) is 42.0 Å². The molecule has 4 rings (SSSR count). The number of pyridine rings is 1. The minimum absolute atomic E-state index is 0.197. The van der Waals surface area contributed by atoms with Gasteiger partial charge in [0.1, 0.15) is 5.69 Å². The van der Waals surface area contributed by atoms with Crippen molar-refractivity contribution in [2.24, 2.45) is 0 Å². The van der Waals surface area contributed by atoms with Gasteiger partial charge in [-0.15, -0.1) is 0 Å². The van der Waals surface area contributed by atoms with Crippen LogP contribution in [-0.2, 0) is 11.3 Å². The lowest BCUT2D eigenvalue weighted by atomic mass is 10.1. The number of ether oxygens (including phenoxy) is 2. The number of rotatable bonds is 5. The monoisotopic (exact) mass is 348 g/mol. The molecule has 0 aliphatic carbocycles. The molecule has 1 aromatic carbocycles. The number of fused-ring (bicyclic) bond motifs is 1. The zero-order valence-corrected chi connectivity index (χ0v) is 13.8. The second-order valence-corrected chi connectivity index (χ2v) is 5.65. The third-order valence-corrected chi connectivity index (χ3v) is 3.92. The first-order valence-corrected chi connectivity index (χ1v) is 8.13. The molecule has 0 saturated heterocycles. The van der Waals surface area contributed by atoms with Gasteiger partial charge in [-0.2, -0.15) is 0 Å². The fourth-order valence-electron chi connectivity index (χ4n) is 2.65. The van der Waals surface area contributed by atoms with Crippen molar-refractivity contribution in [3.8, 4) is 23.0 Å². The second-order valence-electron chi connectivity index (χ2n) is 5.65. The summed E-state index contributed by atoms with van der Waals surface area (Å²) in [6.07, 6.45) is 6.51. The molecule has 1 amide bonds. The van der Waals surface area contributed by atoms with Crippen molar-refractivity contribution >= 4 is 12.0 Å². The molecular formula is C20H16N2O4. The van der Waals surface area contributed by atoms with Crippen LogP contribution in [0.4, 0.5) is 0 Å². The summed E-state index contributed by atoms with van der Waals surface area (Å²) in [4.78, 5) is 16.5. The van der Waals surface area contributed by atoms with Gasteiger partial charge in [0.25, 0.3) is 0 Å². The number of hydrogen-bond acceptors (Lipinski definition) is 5. The van der Waals surface area contributed by atoms with Crippen LogP contribution in [0, 0.1) is 0 Å². The lowest BCUT2D eigenvalue weighted by molar-refractivity contribution is -0.116. The number of nitrogens with zero attached hydrogens (tertiary/aromatic N) is 1. The maximum Gasteiger partial charge on any atom is 0.244 e. The Labute approximate surface area is 150 Å². The highest BCUT2D eigenvalue weighted by Crippen LogP contribution is 2.32. The number of hydrogen-bond donors (Lipinski definition) is 1. The highest BCUT2D eigenvalue weighted by molar-refractivity contribution is 5.91. The quantitative estimate of drug-likeness (QED) is 0.716.